The molecule has 182 valence electrons. The van der Waals surface area contributed by atoms with Crippen LogP contribution in [0.5, 0.6) is 5.75 Å². The molecule has 1 N–H and O–H groups in total. The first-order valence-electron chi connectivity index (χ1n) is 11.7. The Morgan fingerprint density at radius 1 is 1.23 bits per heavy atom. The summed E-state index contributed by atoms with van der Waals surface area (Å²) in [4.78, 5) is 33.4. The predicted molar refractivity (Wildman–Crippen MR) is 133 cm³/mol. The van der Waals surface area contributed by atoms with Crippen LogP contribution >= 0.6 is 11.8 Å². The maximum Gasteiger partial charge on any atom is 0.250 e. The van der Waals surface area contributed by atoms with Gasteiger partial charge in [-0.15, -0.1) is 11.8 Å². The summed E-state index contributed by atoms with van der Waals surface area (Å²) in [5.41, 5.74) is 1.54. The molecule has 0 spiro atoms. The third-order valence-corrected chi connectivity index (χ3v) is 7.78. The Balaban J connectivity index is 1.18. The van der Waals surface area contributed by atoms with Gasteiger partial charge in [-0.25, -0.2) is 13.9 Å². The smallest absolute Gasteiger partial charge is 0.250 e. The Labute approximate surface area is 206 Å². The zero-order valence-electron chi connectivity index (χ0n) is 19.5. The van der Waals surface area contributed by atoms with Crippen molar-refractivity contribution in [3.63, 3.8) is 0 Å². The van der Waals surface area contributed by atoms with Crippen LogP contribution in [0.25, 0.3) is 11.0 Å². The molecule has 1 saturated carbocycles. The van der Waals surface area contributed by atoms with Gasteiger partial charge in [0.15, 0.2) is 24.2 Å². The maximum absolute atomic E-state index is 14.5. The summed E-state index contributed by atoms with van der Waals surface area (Å²) >= 11 is 1.50. The first kappa shape index (κ1) is 23.5. The molecule has 0 saturated heterocycles. The number of ether oxygens (including phenoxy) is 1. The molecule has 4 heterocycles. The SMILES string of the molecule is C=[N+](Cc1ccc2c(n1)NC(=O)CS2)C1CCC(COc2c(F)cnc3ccc(=O)n(C)c23)CC1. The number of aryl methyl sites for hydroxylation is 1. The molecular weight excluding hydrogens is 469 g/mol. The summed E-state index contributed by atoms with van der Waals surface area (Å²) in [6.07, 6.45) is 4.91. The molecule has 0 bridgehead atoms. The van der Waals surface area contributed by atoms with Crippen LogP contribution in [0.15, 0.2) is 40.2 Å². The Morgan fingerprint density at radius 3 is 2.83 bits per heavy atom. The minimum atomic E-state index is -0.566. The number of rotatable bonds is 6. The van der Waals surface area contributed by atoms with Gasteiger partial charge in [-0.2, -0.15) is 0 Å². The summed E-state index contributed by atoms with van der Waals surface area (Å²) in [5.74, 6) is 0.831. The van der Waals surface area contributed by atoms with Gasteiger partial charge >= 0.3 is 0 Å². The van der Waals surface area contributed by atoms with Crippen molar-refractivity contribution in [2.75, 3.05) is 17.7 Å². The first-order valence-corrected chi connectivity index (χ1v) is 12.6. The molecule has 1 amide bonds. The standard InChI is InChI=1S/C25H26FN5O3S/c1-30(12-16-5-9-20-25(28-16)29-21(32)14-35-20)17-6-3-15(4-7-17)13-34-24-18(26)11-27-19-8-10-22(33)31(2)23(19)24/h5,8-11,15,17H,1,3-4,6-7,12-14H2,2H3/p+1. The second-order valence-corrected chi connectivity index (χ2v) is 10.1. The average Bonchev–Trinajstić information content (AvgIpc) is 2.86. The number of aromatic nitrogens is 3. The Bertz CT molecular complexity index is 1370. The van der Waals surface area contributed by atoms with Crippen LogP contribution in [0.1, 0.15) is 31.4 Å². The lowest BCUT2D eigenvalue weighted by Crippen LogP contribution is -2.32. The minimum Gasteiger partial charge on any atom is -0.488 e. The molecule has 1 aliphatic carbocycles. The Morgan fingerprint density at radius 2 is 2.03 bits per heavy atom. The number of nitrogens with zero attached hydrogens (tertiary/aromatic N) is 4. The molecule has 0 aromatic carbocycles. The van der Waals surface area contributed by atoms with Crippen molar-refractivity contribution in [2.45, 2.75) is 43.2 Å². The molecule has 5 rings (SSSR count). The van der Waals surface area contributed by atoms with E-state index in [2.05, 4.69) is 26.6 Å². The van der Waals surface area contributed by atoms with Crippen molar-refractivity contribution in [1.29, 1.82) is 0 Å². The van der Waals surface area contributed by atoms with Gasteiger partial charge in [-0.05, 0) is 37.0 Å². The van der Waals surface area contributed by atoms with Gasteiger partial charge in [0.1, 0.15) is 23.7 Å². The number of nitrogens with one attached hydrogen (secondary N) is 1. The zero-order chi connectivity index (χ0) is 24.5. The van der Waals surface area contributed by atoms with Gasteiger partial charge in [0, 0.05) is 26.0 Å². The monoisotopic (exact) mass is 496 g/mol. The zero-order valence-corrected chi connectivity index (χ0v) is 20.3. The number of carbonyl (C=O) groups is 1. The fraction of sp³-hybridized carbons (Fsp3) is 0.400. The summed E-state index contributed by atoms with van der Waals surface area (Å²) in [6.45, 7) is 5.23. The molecule has 2 aliphatic rings. The minimum absolute atomic E-state index is 0.0268. The van der Waals surface area contributed by atoms with Crippen molar-refractivity contribution < 1.29 is 18.5 Å². The third-order valence-electron chi connectivity index (χ3n) is 6.73. The van der Waals surface area contributed by atoms with Gasteiger partial charge in [0.25, 0.3) is 5.56 Å². The highest BCUT2D eigenvalue weighted by Crippen LogP contribution is 2.32. The lowest BCUT2D eigenvalue weighted by Gasteiger charge is -2.27. The molecule has 3 aromatic heterocycles. The van der Waals surface area contributed by atoms with E-state index >= 15 is 0 Å². The van der Waals surface area contributed by atoms with Crippen LogP contribution in [0.4, 0.5) is 10.2 Å². The van der Waals surface area contributed by atoms with E-state index in [4.69, 9.17) is 4.74 Å². The predicted octanol–water partition coefficient (Wildman–Crippen LogP) is 3.36. The van der Waals surface area contributed by atoms with Gasteiger partial charge in [0.2, 0.25) is 5.91 Å². The van der Waals surface area contributed by atoms with E-state index in [0.29, 0.717) is 41.8 Å². The van der Waals surface area contributed by atoms with E-state index in [1.54, 1.807) is 13.1 Å². The molecule has 0 radical (unpaired) electrons. The van der Waals surface area contributed by atoms with Gasteiger partial charge in [-0.1, -0.05) is 0 Å². The lowest BCUT2D eigenvalue weighted by atomic mass is 9.86. The van der Waals surface area contributed by atoms with E-state index in [0.717, 1.165) is 42.5 Å². The quantitative estimate of drug-likeness (QED) is 0.416. The maximum atomic E-state index is 14.5. The number of anilines is 1. The van der Waals surface area contributed by atoms with Crippen molar-refractivity contribution in [2.24, 2.45) is 13.0 Å². The summed E-state index contributed by atoms with van der Waals surface area (Å²) in [5, 5.41) is 2.83. The van der Waals surface area contributed by atoms with E-state index in [-0.39, 0.29) is 23.1 Å². The molecule has 8 nitrogen and oxygen atoms in total. The van der Waals surface area contributed by atoms with Crippen LogP contribution in [-0.4, -0.2) is 50.1 Å². The highest BCUT2D eigenvalue weighted by Gasteiger charge is 2.29. The van der Waals surface area contributed by atoms with E-state index in [1.165, 1.54) is 22.4 Å². The van der Waals surface area contributed by atoms with Gasteiger partial charge < -0.3 is 14.6 Å². The number of carbonyl (C=O) groups excluding carboxylic acids is 1. The van der Waals surface area contributed by atoms with Crippen molar-refractivity contribution >= 4 is 41.2 Å². The molecule has 1 fully saturated rings. The van der Waals surface area contributed by atoms with E-state index in [1.807, 2.05) is 12.1 Å². The normalized spacial score (nSPS) is 19.8. The lowest BCUT2D eigenvalue weighted by molar-refractivity contribution is -0.578. The van der Waals surface area contributed by atoms with Crippen LogP contribution in [0.2, 0.25) is 0 Å². The Kier molecular flexibility index (Phi) is 6.55. The number of hydrogen-bond donors (Lipinski definition) is 1. The number of fused-ring (bicyclic) bond motifs is 2. The number of hydrogen-bond acceptors (Lipinski definition) is 6. The summed E-state index contributed by atoms with van der Waals surface area (Å²) in [7, 11) is 1.59. The van der Waals surface area contributed by atoms with Gasteiger partial charge in [0.05, 0.1) is 29.0 Å². The average molecular weight is 497 g/mol. The summed E-state index contributed by atoms with van der Waals surface area (Å²) < 4.78 is 23.9. The fourth-order valence-electron chi connectivity index (χ4n) is 4.74. The van der Waals surface area contributed by atoms with Crippen molar-refractivity contribution in [1.82, 2.24) is 14.5 Å². The highest BCUT2D eigenvalue weighted by molar-refractivity contribution is 8.00. The number of amides is 1. The number of thioether (sulfide) groups is 1. The van der Waals surface area contributed by atoms with E-state index in [9.17, 15) is 14.0 Å². The number of pyridine rings is 3. The van der Waals surface area contributed by atoms with E-state index < -0.39 is 5.82 Å². The second kappa shape index (κ2) is 9.77. The molecule has 0 unspecified atom stereocenters. The number of halogens is 1. The molecule has 10 heteroatoms. The van der Waals surface area contributed by atoms with Crippen LogP contribution < -0.4 is 15.6 Å². The Hall–Kier alpha value is -3.27. The van der Waals surface area contributed by atoms with Gasteiger partial charge in [-0.3, -0.25) is 14.6 Å². The molecule has 35 heavy (non-hydrogen) atoms. The molecule has 0 atom stereocenters. The second-order valence-electron chi connectivity index (χ2n) is 9.12. The summed E-state index contributed by atoms with van der Waals surface area (Å²) in [6, 6.07) is 7.30. The van der Waals surface area contributed by atoms with Crippen LogP contribution in [0.3, 0.4) is 0 Å². The van der Waals surface area contributed by atoms with Crippen molar-refractivity contribution in [3.8, 4) is 5.75 Å². The molecule has 1 aliphatic heterocycles. The van der Waals surface area contributed by atoms with Crippen molar-refractivity contribution in [3.05, 3.63) is 52.3 Å². The highest BCUT2D eigenvalue weighted by atomic mass is 32.2. The molecular formula is C25H27FN5O3S+. The fourth-order valence-corrected chi connectivity index (χ4v) is 5.49. The largest absolute Gasteiger partial charge is 0.488 e. The third kappa shape index (κ3) is 4.93. The first-order chi connectivity index (χ1) is 16.9. The molecule has 3 aromatic rings. The van der Waals surface area contributed by atoms with Crippen LogP contribution in [0, 0.1) is 11.7 Å². The van der Waals surface area contributed by atoms with Crippen LogP contribution in [-0.2, 0) is 18.4 Å². The topological polar surface area (TPSA) is 89.1 Å².